The van der Waals surface area contributed by atoms with Gasteiger partial charge in [-0.05, 0) is 59.6 Å². The lowest BCUT2D eigenvalue weighted by Gasteiger charge is -2.14. The molecule has 0 aliphatic rings. The highest BCUT2D eigenvalue weighted by Crippen LogP contribution is 2.23. The Morgan fingerprint density at radius 2 is 1.97 bits per heavy atom. The number of amides is 2. The molecule has 2 aromatic carbocycles. The topological polar surface area (TPSA) is 88.9 Å². The third-order valence-electron chi connectivity index (χ3n) is 4.51. The van der Waals surface area contributed by atoms with E-state index in [2.05, 4.69) is 36.8 Å². The Balaban J connectivity index is 1.59. The highest BCUT2D eigenvalue weighted by atomic mass is 79.9. The zero-order valence-electron chi connectivity index (χ0n) is 17.1. The molecule has 2 amide bonds. The first-order chi connectivity index (χ1) is 14.8. The first kappa shape index (κ1) is 23.3. The zero-order valence-corrected chi connectivity index (χ0v) is 20.3. The number of hydrogen-bond donors (Lipinski definition) is 2. The monoisotopic (exact) mass is 521 g/mol. The Labute approximate surface area is 198 Å². The molecule has 1 atom stereocenters. The number of carbonyl (C=O) groups excluding carboxylic acids is 2. The van der Waals surface area contributed by atoms with Crippen LogP contribution in [-0.4, -0.2) is 32.3 Å². The van der Waals surface area contributed by atoms with Crippen LogP contribution in [0.2, 0.25) is 5.02 Å². The van der Waals surface area contributed by atoms with Crippen molar-refractivity contribution in [2.24, 2.45) is 7.05 Å². The Morgan fingerprint density at radius 1 is 1.23 bits per heavy atom. The van der Waals surface area contributed by atoms with E-state index in [1.165, 1.54) is 11.8 Å². The summed E-state index contributed by atoms with van der Waals surface area (Å²) in [5.41, 5.74) is 2.13. The van der Waals surface area contributed by atoms with Crippen molar-refractivity contribution in [2.45, 2.75) is 25.0 Å². The number of nitrogens with zero attached hydrogens (tertiary/aromatic N) is 3. The van der Waals surface area contributed by atoms with Gasteiger partial charge in [0.15, 0.2) is 11.0 Å². The van der Waals surface area contributed by atoms with Gasteiger partial charge in [-0.3, -0.25) is 9.59 Å². The molecular weight excluding hydrogens is 502 g/mol. The maximum atomic E-state index is 12.5. The maximum absolute atomic E-state index is 12.5. The SMILES string of the molecule is Cc1ccc(NC(=O)CSc2nnc(C(C)NC(=O)c3ccccc3Br)n2C)cc1Cl. The van der Waals surface area contributed by atoms with Crippen LogP contribution in [0.15, 0.2) is 52.1 Å². The van der Waals surface area contributed by atoms with Crippen LogP contribution >= 0.6 is 39.3 Å². The van der Waals surface area contributed by atoms with Gasteiger partial charge in [-0.1, -0.05) is 41.6 Å². The zero-order chi connectivity index (χ0) is 22.5. The van der Waals surface area contributed by atoms with E-state index in [-0.39, 0.29) is 23.6 Å². The van der Waals surface area contributed by atoms with Crippen LogP contribution in [0.25, 0.3) is 0 Å². The molecule has 0 saturated carbocycles. The number of thioether (sulfide) groups is 1. The number of rotatable bonds is 7. The van der Waals surface area contributed by atoms with E-state index in [9.17, 15) is 9.59 Å². The van der Waals surface area contributed by atoms with Gasteiger partial charge in [-0.2, -0.15) is 0 Å². The number of nitrogens with one attached hydrogen (secondary N) is 2. The van der Waals surface area contributed by atoms with Crippen LogP contribution < -0.4 is 10.6 Å². The molecule has 3 aromatic rings. The molecule has 0 saturated heterocycles. The summed E-state index contributed by atoms with van der Waals surface area (Å²) in [5, 5.41) is 15.3. The molecule has 0 radical (unpaired) electrons. The van der Waals surface area contributed by atoms with Gasteiger partial charge in [0.25, 0.3) is 5.91 Å². The van der Waals surface area contributed by atoms with Crippen LogP contribution in [0.1, 0.15) is 34.7 Å². The summed E-state index contributed by atoms with van der Waals surface area (Å²) in [7, 11) is 1.80. The molecule has 1 unspecified atom stereocenters. The van der Waals surface area contributed by atoms with E-state index >= 15 is 0 Å². The predicted molar refractivity (Wildman–Crippen MR) is 127 cm³/mol. The van der Waals surface area contributed by atoms with Gasteiger partial charge in [0.2, 0.25) is 5.91 Å². The molecule has 0 aliphatic heterocycles. The number of hydrogen-bond acceptors (Lipinski definition) is 5. The Hall–Kier alpha value is -2.36. The average molecular weight is 523 g/mol. The molecule has 10 heteroatoms. The average Bonchev–Trinajstić information content (AvgIpc) is 3.10. The van der Waals surface area contributed by atoms with Crippen molar-refractivity contribution in [1.29, 1.82) is 0 Å². The third-order valence-corrected chi connectivity index (χ3v) is 6.63. The van der Waals surface area contributed by atoms with Crippen molar-refractivity contribution in [3.05, 3.63) is 68.9 Å². The van der Waals surface area contributed by atoms with Gasteiger partial charge in [-0.25, -0.2) is 0 Å². The summed E-state index contributed by atoms with van der Waals surface area (Å²) in [6, 6.07) is 12.2. The lowest BCUT2D eigenvalue weighted by molar-refractivity contribution is -0.113. The van der Waals surface area contributed by atoms with Gasteiger partial charge in [-0.15, -0.1) is 10.2 Å². The predicted octanol–water partition coefficient (Wildman–Crippen LogP) is 4.76. The molecule has 1 aromatic heterocycles. The van der Waals surface area contributed by atoms with Gasteiger partial charge in [0.1, 0.15) is 0 Å². The van der Waals surface area contributed by atoms with Crippen molar-refractivity contribution in [1.82, 2.24) is 20.1 Å². The number of anilines is 1. The van der Waals surface area contributed by atoms with Crippen molar-refractivity contribution >= 4 is 56.8 Å². The van der Waals surface area contributed by atoms with E-state index in [1.807, 2.05) is 32.0 Å². The molecule has 1 heterocycles. The molecule has 31 heavy (non-hydrogen) atoms. The van der Waals surface area contributed by atoms with Gasteiger partial charge < -0.3 is 15.2 Å². The molecule has 162 valence electrons. The molecular formula is C21H21BrClN5O2S. The largest absolute Gasteiger partial charge is 0.342 e. The molecule has 2 N–H and O–H groups in total. The first-order valence-corrected chi connectivity index (χ1v) is 11.6. The highest BCUT2D eigenvalue weighted by molar-refractivity contribution is 9.10. The molecule has 3 rings (SSSR count). The normalized spacial score (nSPS) is 11.8. The quantitative estimate of drug-likeness (QED) is 0.437. The summed E-state index contributed by atoms with van der Waals surface area (Å²) < 4.78 is 2.49. The second-order valence-electron chi connectivity index (χ2n) is 6.88. The smallest absolute Gasteiger partial charge is 0.253 e. The minimum absolute atomic E-state index is 0.162. The van der Waals surface area contributed by atoms with Gasteiger partial charge in [0.05, 0.1) is 17.4 Å². The number of halogens is 2. The fourth-order valence-electron chi connectivity index (χ4n) is 2.81. The molecule has 7 nitrogen and oxygen atoms in total. The van der Waals surface area contributed by atoms with E-state index < -0.39 is 0 Å². The Kier molecular flexibility index (Phi) is 7.74. The van der Waals surface area contributed by atoms with Crippen molar-refractivity contribution in [3.63, 3.8) is 0 Å². The van der Waals surface area contributed by atoms with Crippen LogP contribution in [0, 0.1) is 6.92 Å². The summed E-state index contributed by atoms with van der Waals surface area (Å²) in [6.07, 6.45) is 0. The number of carbonyl (C=O) groups is 2. The van der Waals surface area contributed by atoms with Crippen LogP contribution in [-0.2, 0) is 11.8 Å². The number of benzene rings is 2. The van der Waals surface area contributed by atoms with Crippen LogP contribution in [0.4, 0.5) is 5.69 Å². The van der Waals surface area contributed by atoms with Crippen molar-refractivity contribution in [3.8, 4) is 0 Å². The van der Waals surface area contributed by atoms with Gasteiger partial charge >= 0.3 is 0 Å². The molecule has 0 aliphatic carbocycles. The maximum Gasteiger partial charge on any atom is 0.253 e. The molecule has 0 fully saturated rings. The number of aryl methyl sites for hydroxylation is 1. The summed E-state index contributed by atoms with van der Waals surface area (Å²) in [5.74, 6) is 0.363. The van der Waals surface area contributed by atoms with Crippen LogP contribution in [0.3, 0.4) is 0 Å². The van der Waals surface area contributed by atoms with E-state index in [4.69, 9.17) is 11.6 Å². The summed E-state index contributed by atoms with van der Waals surface area (Å²) >= 11 is 10.7. The van der Waals surface area contributed by atoms with Crippen molar-refractivity contribution in [2.75, 3.05) is 11.1 Å². The lowest BCUT2D eigenvalue weighted by atomic mass is 10.2. The standard InChI is InChI=1S/C21H21BrClN5O2S/c1-12-8-9-14(10-17(12)23)25-18(29)11-31-21-27-26-19(28(21)3)13(2)24-20(30)15-6-4-5-7-16(15)22/h4-10,13H,11H2,1-3H3,(H,24,30)(H,25,29). The van der Waals surface area contributed by atoms with E-state index in [0.717, 1.165) is 10.0 Å². The van der Waals surface area contributed by atoms with Crippen molar-refractivity contribution < 1.29 is 9.59 Å². The summed E-state index contributed by atoms with van der Waals surface area (Å²) in [4.78, 5) is 24.8. The first-order valence-electron chi connectivity index (χ1n) is 9.39. The Morgan fingerprint density at radius 3 is 2.68 bits per heavy atom. The minimum atomic E-state index is -0.366. The molecule has 0 spiro atoms. The highest BCUT2D eigenvalue weighted by Gasteiger charge is 2.20. The van der Waals surface area contributed by atoms with E-state index in [1.54, 1.807) is 35.9 Å². The lowest BCUT2D eigenvalue weighted by Crippen LogP contribution is -2.28. The fraction of sp³-hybridized carbons (Fsp3) is 0.238. The summed E-state index contributed by atoms with van der Waals surface area (Å²) in [6.45, 7) is 3.73. The van der Waals surface area contributed by atoms with Gasteiger partial charge in [0, 0.05) is 22.2 Å². The second-order valence-corrected chi connectivity index (χ2v) is 9.08. The van der Waals surface area contributed by atoms with Crippen LogP contribution in [0.5, 0.6) is 0 Å². The second kappa shape index (κ2) is 10.3. The minimum Gasteiger partial charge on any atom is -0.342 e. The molecule has 0 bridgehead atoms. The fourth-order valence-corrected chi connectivity index (χ4v) is 4.17. The third kappa shape index (κ3) is 5.87. The number of aromatic nitrogens is 3. The Bertz CT molecular complexity index is 1120. The van der Waals surface area contributed by atoms with E-state index in [0.29, 0.717) is 27.3 Å².